The fourth-order valence-electron chi connectivity index (χ4n) is 3.44. The number of unbranched alkanes of at least 4 members (excludes halogenated alkanes) is 1. The highest BCUT2D eigenvalue weighted by Crippen LogP contribution is 2.39. The molecule has 1 heterocycles. The first-order valence-corrected chi connectivity index (χ1v) is 11.1. The Hall–Kier alpha value is -3.09. The Bertz CT molecular complexity index is 1020. The standard InChI is InChI=1S/C24H25N3O2S/c1-3-4-11-29-19-8-6-17(7-9-19)13-18(14-25)23(28)27-24-21(15-26)20-10-5-16(2)12-22(20)30-24/h6-9,13,16H,3-5,10-12H2,1-2H3,(H,27,28). The molecule has 30 heavy (non-hydrogen) atoms. The monoisotopic (exact) mass is 419 g/mol. The van der Waals surface area contributed by atoms with Gasteiger partial charge in [-0.25, -0.2) is 0 Å². The second-order valence-electron chi connectivity index (χ2n) is 7.56. The van der Waals surface area contributed by atoms with Gasteiger partial charge in [0.05, 0.1) is 12.2 Å². The summed E-state index contributed by atoms with van der Waals surface area (Å²) in [6.07, 6.45) is 6.45. The predicted octanol–water partition coefficient (Wildman–Crippen LogP) is 5.47. The Balaban J connectivity index is 1.74. The van der Waals surface area contributed by atoms with Gasteiger partial charge >= 0.3 is 0 Å². The van der Waals surface area contributed by atoms with Gasteiger partial charge in [0.1, 0.15) is 28.5 Å². The number of nitriles is 2. The van der Waals surface area contributed by atoms with Crippen molar-refractivity contribution in [2.45, 2.75) is 46.0 Å². The lowest BCUT2D eigenvalue weighted by atomic mass is 9.88. The van der Waals surface area contributed by atoms with Gasteiger partial charge in [-0.2, -0.15) is 10.5 Å². The lowest BCUT2D eigenvalue weighted by Crippen LogP contribution is -2.13. The van der Waals surface area contributed by atoms with Crippen molar-refractivity contribution in [1.29, 1.82) is 10.5 Å². The van der Waals surface area contributed by atoms with Gasteiger partial charge in [-0.3, -0.25) is 4.79 Å². The third-order valence-corrected chi connectivity index (χ3v) is 6.34. The van der Waals surface area contributed by atoms with E-state index in [-0.39, 0.29) is 5.57 Å². The van der Waals surface area contributed by atoms with Gasteiger partial charge in [0.15, 0.2) is 0 Å². The van der Waals surface area contributed by atoms with E-state index in [1.807, 2.05) is 30.3 Å². The van der Waals surface area contributed by atoms with Gasteiger partial charge in [0.25, 0.3) is 5.91 Å². The maximum absolute atomic E-state index is 12.7. The minimum Gasteiger partial charge on any atom is -0.494 e. The smallest absolute Gasteiger partial charge is 0.266 e. The summed E-state index contributed by atoms with van der Waals surface area (Å²) >= 11 is 1.46. The zero-order chi connectivity index (χ0) is 21.5. The molecule has 0 bridgehead atoms. The first-order chi connectivity index (χ1) is 14.5. The maximum Gasteiger partial charge on any atom is 0.266 e. The molecule has 1 aliphatic rings. The molecule has 0 saturated carbocycles. The van der Waals surface area contributed by atoms with Crippen molar-refractivity contribution in [3.05, 3.63) is 51.4 Å². The number of benzene rings is 1. The van der Waals surface area contributed by atoms with E-state index in [2.05, 4.69) is 25.2 Å². The Kier molecular flexibility index (Phi) is 7.27. The van der Waals surface area contributed by atoms with E-state index in [0.717, 1.165) is 49.0 Å². The number of anilines is 1. The number of hydrogen-bond acceptors (Lipinski definition) is 5. The van der Waals surface area contributed by atoms with E-state index in [1.165, 1.54) is 16.2 Å². The average molecular weight is 420 g/mol. The highest BCUT2D eigenvalue weighted by Gasteiger charge is 2.25. The zero-order valence-electron chi connectivity index (χ0n) is 17.3. The van der Waals surface area contributed by atoms with E-state index in [0.29, 0.717) is 23.1 Å². The zero-order valence-corrected chi connectivity index (χ0v) is 18.1. The Morgan fingerprint density at radius 1 is 1.33 bits per heavy atom. The van der Waals surface area contributed by atoms with Crippen LogP contribution in [0.3, 0.4) is 0 Å². The summed E-state index contributed by atoms with van der Waals surface area (Å²) in [5.41, 5.74) is 2.33. The molecule has 0 saturated heterocycles. The SMILES string of the molecule is CCCCOc1ccc(C=C(C#N)C(=O)Nc2sc3c(c2C#N)CCC(C)C3)cc1. The molecule has 1 atom stereocenters. The highest BCUT2D eigenvalue weighted by atomic mass is 32.1. The van der Waals surface area contributed by atoms with Crippen molar-refractivity contribution < 1.29 is 9.53 Å². The molecule has 1 aromatic carbocycles. The number of ether oxygens (including phenoxy) is 1. The van der Waals surface area contributed by atoms with Crippen molar-refractivity contribution in [3.8, 4) is 17.9 Å². The first kappa shape index (κ1) is 21.6. The van der Waals surface area contributed by atoms with Crippen LogP contribution in [-0.2, 0) is 17.6 Å². The lowest BCUT2D eigenvalue weighted by Gasteiger charge is -2.17. The summed E-state index contributed by atoms with van der Waals surface area (Å²) in [6, 6.07) is 11.5. The Labute approximate surface area is 181 Å². The summed E-state index contributed by atoms with van der Waals surface area (Å²) in [4.78, 5) is 13.9. The third-order valence-electron chi connectivity index (χ3n) is 5.17. The number of hydrogen-bond donors (Lipinski definition) is 1. The molecule has 0 fully saturated rings. The molecule has 1 unspecified atom stereocenters. The Morgan fingerprint density at radius 2 is 2.10 bits per heavy atom. The number of fused-ring (bicyclic) bond motifs is 1. The summed E-state index contributed by atoms with van der Waals surface area (Å²) in [6.45, 7) is 4.98. The normalized spacial score (nSPS) is 15.6. The fourth-order valence-corrected chi connectivity index (χ4v) is 4.79. The lowest BCUT2D eigenvalue weighted by molar-refractivity contribution is -0.112. The second-order valence-corrected chi connectivity index (χ2v) is 8.67. The fraction of sp³-hybridized carbons (Fsp3) is 0.375. The molecule has 6 heteroatoms. The molecular weight excluding hydrogens is 394 g/mol. The molecule has 1 amide bonds. The second kappa shape index (κ2) is 10.1. The third kappa shape index (κ3) is 5.09. The van der Waals surface area contributed by atoms with E-state index in [9.17, 15) is 15.3 Å². The van der Waals surface area contributed by atoms with Gasteiger partial charge < -0.3 is 10.1 Å². The number of amides is 1. The molecule has 1 aromatic heterocycles. The van der Waals surface area contributed by atoms with Gasteiger partial charge in [0.2, 0.25) is 0 Å². The summed E-state index contributed by atoms with van der Waals surface area (Å²) in [7, 11) is 0. The molecule has 0 radical (unpaired) electrons. The molecule has 0 spiro atoms. The molecule has 3 rings (SSSR count). The number of rotatable bonds is 7. The molecule has 154 valence electrons. The van der Waals surface area contributed by atoms with Gasteiger partial charge in [-0.15, -0.1) is 11.3 Å². The van der Waals surface area contributed by atoms with Crippen molar-refractivity contribution in [3.63, 3.8) is 0 Å². The summed E-state index contributed by atoms with van der Waals surface area (Å²) in [5.74, 6) is 0.847. The minimum atomic E-state index is -0.496. The maximum atomic E-state index is 12.7. The van der Waals surface area contributed by atoms with E-state index in [1.54, 1.807) is 6.08 Å². The van der Waals surface area contributed by atoms with Gasteiger partial charge in [-0.1, -0.05) is 32.4 Å². The van der Waals surface area contributed by atoms with Gasteiger partial charge in [-0.05, 0) is 60.9 Å². The van der Waals surface area contributed by atoms with Crippen LogP contribution in [0.5, 0.6) is 5.75 Å². The van der Waals surface area contributed by atoms with Crippen molar-refractivity contribution in [1.82, 2.24) is 0 Å². The molecule has 2 aromatic rings. The van der Waals surface area contributed by atoms with Crippen molar-refractivity contribution in [2.75, 3.05) is 11.9 Å². The van der Waals surface area contributed by atoms with Gasteiger partial charge in [0, 0.05) is 4.88 Å². The van der Waals surface area contributed by atoms with Crippen LogP contribution >= 0.6 is 11.3 Å². The van der Waals surface area contributed by atoms with E-state index in [4.69, 9.17) is 4.74 Å². The minimum absolute atomic E-state index is 0.00159. The quantitative estimate of drug-likeness (QED) is 0.366. The van der Waals surface area contributed by atoms with Crippen LogP contribution in [0, 0.1) is 28.6 Å². The largest absolute Gasteiger partial charge is 0.494 e. The predicted molar refractivity (Wildman–Crippen MR) is 119 cm³/mol. The van der Waals surface area contributed by atoms with Crippen LogP contribution in [0.1, 0.15) is 54.7 Å². The Morgan fingerprint density at radius 3 is 2.77 bits per heavy atom. The van der Waals surface area contributed by atoms with Crippen LogP contribution < -0.4 is 10.1 Å². The average Bonchev–Trinajstić information content (AvgIpc) is 3.08. The number of carbonyl (C=O) groups is 1. The number of nitrogens with zero attached hydrogens (tertiary/aromatic N) is 2. The van der Waals surface area contributed by atoms with Crippen LogP contribution in [0.4, 0.5) is 5.00 Å². The molecule has 1 N–H and O–H groups in total. The first-order valence-electron chi connectivity index (χ1n) is 10.3. The molecule has 1 aliphatic carbocycles. The summed E-state index contributed by atoms with van der Waals surface area (Å²) < 4.78 is 5.64. The van der Waals surface area contributed by atoms with Crippen molar-refractivity contribution in [2.24, 2.45) is 5.92 Å². The number of carbonyl (C=O) groups excluding carboxylic acids is 1. The van der Waals surface area contributed by atoms with E-state index < -0.39 is 5.91 Å². The highest BCUT2D eigenvalue weighted by molar-refractivity contribution is 7.16. The topological polar surface area (TPSA) is 85.9 Å². The van der Waals surface area contributed by atoms with Crippen LogP contribution in [-0.4, -0.2) is 12.5 Å². The molecule has 0 aliphatic heterocycles. The molecular formula is C24H25N3O2S. The van der Waals surface area contributed by atoms with E-state index >= 15 is 0 Å². The summed E-state index contributed by atoms with van der Waals surface area (Å²) in [5, 5.41) is 22.4. The van der Waals surface area contributed by atoms with Crippen LogP contribution in [0.25, 0.3) is 6.08 Å². The molecule has 5 nitrogen and oxygen atoms in total. The van der Waals surface area contributed by atoms with Crippen LogP contribution in [0.15, 0.2) is 29.8 Å². The number of nitrogens with one attached hydrogen (secondary N) is 1. The van der Waals surface area contributed by atoms with Crippen molar-refractivity contribution >= 4 is 28.3 Å². The number of thiophene rings is 1. The van der Waals surface area contributed by atoms with Crippen LogP contribution in [0.2, 0.25) is 0 Å².